The lowest BCUT2D eigenvalue weighted by molar-refractivity contribution is -0.142. The molecule has 0 radical (unpaired) electrons. The molecule has 4 unspecified atom stereocenters. The Morgan fingerprint density at radius 1 is 0.674 bits per heavy atom. The summed E-state index contributed by atoms with van der Waals surface area (Å²) in [5, 5.41) is 0. The van der Waals surface area contributed by atoms with Crippen molar-refractivity contribution in [1.82, 2.24) is 0 Å². The van der Waals surface area contributed by atoms with Gasteiger partial charge in [0, 0.05) is 23.7 Å². The minimum absolute atomic E-state index is 0.146. The molecule has 2 aromatic carbocycles. The summed E-state index contributed by atoms with van der Waals surface area (Å²) < 4.78 is 124. The summed E-state index contributed by atoms with van der Waals surface area (Å²) in [6.07, 6.45) is 6.07. The van der Waals surface area contributed by atoms with Crippen molar-refractivity contribution < 1.29 is 52.7 Å². The number of rotatable bonds is 6. The topological polar surface area (TPSA) is 132 Å². The van der Waals surface area contributed by atoms with Crippen molar-refractivity contribution in [2.75, 3.05) is 0 Å². The Bertz CT molecular complexity index is 1910. The Balaban J connectivity index is 1.28. The molecule has 46 heavy (non-hydrogen) atoms. The van der Waals surface area contributed by atoms with Crippen LogP contribution in [-0.2, 0) is 40.7 Å². The second-order valence-electron chi connectivity index (χ2n) is 14.7. The van der Waals surface area contributed by atoms with E-state index in [9.17, 15) is 35.2 Å². The zero-order chi connectivity index (χ0) is 32.7. The Morgan fingerprint density at radius 2 is 1.13 bits per heavy atom. The molecule has 0 saturated heterocycles. The highest BCUT2D eigenvalue weighted by Gasteiger charge is 2.58. The number of carbonyl (C=O) groups is 2. The van der Waals surface area contributed by atoms with Gasteiger partial charge in [-0.25, -0.2) is 8.78 Å². The molecular weight excluding hydrogens is 652 g/mol. The molecule has 0 aliphatic heterocycles. The number of benzene rings is 2. The van der Waals surface area contributed by atoms with Gasteiger partial charge in [0.15, 0.2) is 16.5 Å². The van der Waals surface area contributed by atoms with Gasteiger partial charge in [-0.15, -0.1) is 0 Å². The maximum Gasteiger partial charge on any atom is 0.339 e. The molecule has 14 heteroatoms. The Kier molecular flexibility index (Phi) is 6.38. The Morgan fingerprint density at radius 3 is 1.61 bits per heavy atom. The maximum absolute atomic E-state index is 15.0. The van der Waals surface area contributed by atoms with Gasteiger partial charge in [-0.2, -0.15) is 25.6 Å². The molecule has 4 atom stereocenters. The monoisotopic (exact) mass is 682 g/mol. The number of carbonyl (C=O) groups excluding carboxylic acids is 2. The maximum atomic E-state index is 15.0. The van der Waals surface area contributed by atoms with E-state index in [-0.39, 0.29) is 47.1 Å². The predicted octanol–water partition coefficient (Wildman–Crippen LogP) is 5.55. The largest absolute Gasteiger partial charge is 0.372 e. The van der Waals surface area contributed by atoms with Crippen LogP contribution in [0.4, 0.5) is 17.6 Å². The normalized spacial score (nSPS) is 36.1. The van der Waals surface area contributed by atoms with Crippen LogP contribution in [0.25, 0.3) is 0 Å². The fraction of sp³-hybridized carbons (Fsp3) is 0.562. The van der Waals surface area contributed by atoms with Crippen molar-refractivity contribution in [2.24, 2.45) is 35.5 Å². The zero-order valence-corrected chi connectivity index (χ0v) is 26.0. The summed E-state index contributed by atoms with van der Waals surface area (Å²) in [7, 11) is -11.0. The van der Waals surface area contributed by atoms with E-state index in [1.54, 1.807) is 6.07 Å². The molecule has 8 nitrogen and oxygen atoms in total. The Hall–Kier alpha value is -2.84. The van der Waals surface area contributed by atoms with E-state index in [1.807, 2.05) is 6.07 Å². The molecule has 0 amide bonds. The van der Waals surface area contributed by atoms with Crippen LogP contribution in [0.1, 0.15) is 75.3 Å². The summed E-state index contributed by atoms with van der Waals surface area (Å²) in [5.41, 5.74) is -0.378. The number of Topliss-reactive ketones (excluding diaryl/α,β-unsaturated/α-hetero) is 2. The van der Waals surface area contributed by atoms with Gasteiger partial charge in [-0.3, -0.25) is 14.1 Å². The fourth-order valence-corrected chi connectivity index (χ4v) is 12.6. The van der Waals surface area contributed by atoms with E-state index in [0.29, 0.717) is 56.1 Å². The van der Waals surface area contributed by atoms with Gasteiger partial charge in [0.2, 0.25) is 17.4 Å². The summed E-state index contributed by atoms with van der Waals surface area (Å²) in [4.78, 5) is 23.1. The second kappa shape index (κ2) is 9.62. The standard InChI is InChI=1S/C32H30F4O8S2/c33-23-25(35)30(45(39,40)41)26(36)24(34)29(23)44-46(42,43)22-7-20(31-8-14-3-16(10-31)27(37)17(4-14)11-31)1-2-21(22)32-9-15-5-18(12-32)28(38)19(6-15)13-32/h1-2,7,14-19H,3-6,8-13H2,(H,39,40,41). The number of hydrogen-bond acceptors (Lipinski definition) is 7. The number of halogens is 4. The SMILES string of the molecule is O=C1C2CC3CC1CC(c1ccc(C45CC6CC(C4)C(=O)C(C6)C5)c(S(=O)(=O)Oc4c(F)c(F)c(S(=O)(=O)O)c(F)c4F)c1)(C3)C2. The van der Waals surface area contributed by atoms with Crippen molar-refractivity contribution in [3.05, 3.63) is 52.6 Å². The number of ketones is 2. The molecule has 8 aliphatic carbocycles. The van der Waals surface area contributed by atoms with Crippen LogP contribution in [0.15, 0.2) is 28.0 Å². The van der Waals surface area contributed by atoms with Gasteiger partial charge in [0.05, 0.1) is 0 Å². The predicted molar refractivity (Wildman–Crippen MR) is 151 cm³/mol. The third kappa shape index (κ3) is 4.24. The first-order chi connectivity index (χ1) is 21.5. The minimum atomic E-state index is -5.78. The van der Waals surface area contributed by atoms with Gasteiger partial charge < -0.3 is 4.18 Å². The first-order valence-electron chi connectivity index (χ1n) is 15.5. The first kappa shape index (κ1) is 30.5. The van der Waals surface area contributed by atoms with E-state index < -0.39 is 69.9 Å². The molecule has 8 bridgehead atoms. The third-order valence-corrected chi connectivity index (χ3v) is 14.2. The van der Waals surface area contributed by atoms with Crippen molar-refractivity contribution in [2.45, 2.75) is 84.8 Å². The summed E-state index contributed by atoms with van der Waals surface area (Å²) in [6.45, 7) is 0. The highest BCUT2D eigenvalue weighted by molar-refractivity contribution is 7.87. The molecule has 10 rings (SSSR count). The molecule has 8 aliphatic rings. The van der Waals surface area contributed by atoms with E-state index in [1.165, 1.54) is 6.07 Å². The lowest BCUT2D eigenvalue weighted by Crippen LogP contribution is -2.54. The summed E-state index contributed by atoms with van der Waals surface area (Å²) in [5.74, 6) is -12.0. The molecule has 2 aromatic rings. The summed E-state index contributed by atoms with van der Waals surface area (Å²) in [6, 6.07) is 4.91. The van der Waals surface area contributed by atoms with Gasteiger partial charge in [0.25, 0.3) is 0 Å². The van der Waals surface area contributed by atoms with Gasteiger partial charge in [0.1, 0.15) is 16.5 Å². The van der Waals surface area contributed by atoms with Crippen LogP contribution >= 0.6 is 0 Å². The van der Waals surface area contributed by atoms with E-state index in [0.717, 1.165) is 19.3 Å². The molecule has 0 heterocycles. The average Bonchev–Trinajstić information content (AvgIpc) is 2.98. The zero-order valence-electron chi connectivity index (χ0n) is 24.4. The van der Waals surface area contributed by atoms with Crippen molar-refractivity contribution >= 4 is 31.8 Å². The van der Waals surface area contributed by atoms with Crippen molar-refractivity contribution in [1.29, 1.82) is 0 Å². The molecule has 1 N–H and O–H groups in total. The highest BCUT2D eigenvalue weighted by atomic mass is 32.2. The van der Waals surface area contributed by atoms with Gasteiger partial charge in [-0.1, -0.05) is 12.1 Å². The fourth-order valence-electron chi connectivity index (χ4n) is 10.7. The lowest BCUT2D eigenvalue weighted by atomic mass is 9.46. The van der Waals surface area contributed by atoms with Crippen LogP contribution in [-0.4, -0.2) is 33.0 Å². The average molecular weight is 683 g/mol. The highest BCUT2D eigenvalue weighted by Crippen LogP contribution is 2.62. The summed E-state index contributed by atoms with van der Waals surface area (Å²) >= 11 is 0. The second-order valence-corrected chi connectivity index (χ2v) is 17.6. The molecule has 0 spiro atoms. The van der Waals surface area contributed by atoms with Crippen LogP contribution < -0.4 is 4.18 Å². The third-order valence-electron chi connectivity index (χ3n) is 12.1. The molecule has 0 aromatic heterocycles. The lowest BCUT2D eigenvalue weighted by Gasteiger charge is -2.57. The van der Waals surface area contributed by atoms with Crippen LogP contribution in [0, 0.1) is 58.8 Å². The molecule has 246 valence electrons. The number of hydrogen-bond donors (Lipinski definition) is 1. The van der Waals surface area contributed by atoms with E-state index in [2.05, 4.69) is 0 Å². The van der Waals surface area contributed by atoms with Gasteiger partial charge in [-0.05, 0) is 104 Å². The molecular formula is C32H30F4O8S2. The van der Waals surface area contributed by atoms with Crippen molar-refractivity contribution in [3.63, 3.8) is 0 Å². The van der Waals surface area contributed by atoms with Crippen molar-refractivity contribution in [3.8, 4) is 5.75 Å². The van der Waals surface area contributed by atoms with E-state index >= 15 is 8.78 Å². The van der Waals surface area contributed by atoms with E-state index in [4.69, 9.17) is 8.74 Å². The quantitative estimate of drug-likeness (QED) is 0.182. The smallest absolute Gasteiger partial charge is 0.339 e. The van der Waals surface area contributed by atoms with Crippen LogP contribution in [0.3, 0.4) is 0 Å². The molecule has 8 fully saturated rings. The minimum Gasteiger partial charge on any atom is -0.372 e. The van der Waals surface area contributed by atoms with Crippen LogP contribution in [0.2, 0.25) is 0 Å². The van der Waals surface area contributed by atoms with Gasteiger partial charge >= 0.3 is 20.2 Å². The Labute approximate surface area is 262 Å². The molecule has 8 saturated carbocycles. The van der Waals surface area contributed by atoms with Crippen LogP contribution in [0.5, 0.6) is 5.75 Å². The first-order valence-corrected chi connectivity index (χ1v) is 18.4.